The molecule has 0 atom stereocenters. The number of halogens is 1. The molecule has 0 aliphatic rings. The van der Waals surface area contributed by atoms with Crippen molar-refractivity contribution >= 4 is 22.9 Å². The second-order valence-electron chi connectivity index (χ2n) is 4.53. The maximum absolute atomic E-state index is 5.94. The molecule has 0 amide bonds. The molecule has 3 nitrogen and oxygen atoms in total. The van der Waals surface area contributed by atoms with E-state index in [4.69, 9.17) is 11.6 Å². The number of nitrogens with one attached hydrogen (secondary N) is 1. The van der Waals surface area contributed by atoms with E-state index in [0.717, 1.165) is 35.4 Å². The Kier molecular flexibility index (Phi) is 5.34. The van der Waals surface area contributed by atoms with Gasteiger partial charge in [0, 0.05) is 24.5 Å². The van der Waals surface area contributed by atoms with Crippen LogP contribution in [0.5, 0.6) is 0 Å². The van der Waals surface area contributed by atoms with Crippen molar-refractivity contribution < 1.29 is 0 Å². The van der Waals surface area contributed by atoms with Gasteiger partial charge in [0.25, 0.3) is 0 Å². The van der Waals surface area contributed by atoms with Crippen LogP contribution < -0.4 is 5.32 Å². The van der Waals surface area contributed by atoms with Gasteiger partial charge in [0.1, 0.15) is 0 Å². The highest BCUT2D eigenvalue weighted by molar-refractivity contribution is 7.16. The molecule has 2 aromatic rings. The van der Waals surface area contributed by atoms with Gasteiger partial charge in [-0.05, 0) is 38.4 Å². The highest BCUT2D eigenvalue weighted by Crippen LogP contribution is 2.22. The third kappa shape index (κ3) is 4.58. The van der Waals surface area contributed by atoms with Gasteiger partial charge in [-0.1, -0.05) is 17.7 Å². The fourth-order valence-electron chi connectivity index (χ4n) is 1.93. The lowest BCUT2D eigenvalue weighted by molar-refractivity contribution is 0.317. The average Bonchev–Trinajstić information content (AvgIpc) is 2.75. The summed E-state index contributed by atoms with van der Waals surface area (Å²) in [7, 11) is 4.03. The van der Waals surface area contributed by atoms with Crippen molar-refractivity contribution in [2.75, 3.05) is 14.1 Å². The van der Waals surface area contributed by atoms with Gasteiger partial charge in [-0.3, -0.25) is 9.88 Å². The molecule has 2 aromatic heterocycles. The first-order valence-corrected chi connectivity index (χ1v) is 7.39. The second kappa shape index (κ2) is 7.01. The highest BCUT2D eigenvalue weighted by Gasteiger charge is 2.05. The van der Waals surface area contributed by atoms with E-state index < -0.39 is 0 Å². The van der Waals surface area contributed by atoms with Crippen LogP contribution in [0.2, 0.25) is 4.34 Å². The van der Waals surface area contributed by atoms with Gasteiger partial charge in [0.05, 0.1) is 15.7 Å². The Bertz CT molecular complexity index is 527. The van der Waals surface area contributed by atoms with Crippen LogP contribution in [0.3, 0.4) is 0 Å². The Morgan fingerprint density at radius 3 is 2.68 bits per heavy atom. The van der Waals surface area contributed by atoms with Crippen molar-refractivity contribution in [3.8, 4) is 0 Å². The number of hydrogen-bond acceptors (Lipinski definition) is 4. The van der Waals surface area contributed by atoms with Crippen LogP contribution in [0, 0.1) is 0 Å². The van der Waals surface area contributed by atoms with Gasteiger partial charge in [0.2, 0.25) is 0 Å². The molecule has 0 aliphatic heterocycles. The van der Waals surface area contributed by atoms with E-state index in [1.807, 2.05) is 19.2 Å². The minimum atomic E-state index is 0.804. The van der Waals surface area contributed by atoms with Gasteiger partial charge < -0.3 is 5.32 Å². The summed E-state index contributed by atoms with van der Waals surface area (Å²) in [5.74, 6) is 0. The van der Waals surface area contributed by atoms with Gasteiger partial charge in [-0.2, -0.15) is 0 Å². The number of hydrogen-bond donors (Lipinski definition) is 1. The molecule has 1 N–H and O–H groups in total. The minimum Gasteiger partial charge on any atom is -0.314 e. The fraction of sp³-hybridized carbons (Fsp3) is 0.357. The summed E-state index contributed by atoms with van der Waals surface area (Å²) in [5.41, 5.74) is 2.17. The van der Waals surface area contributed by atoms with E-state index in [0.29, 0.717) is 0 Å². The maximum Gasteiger partial charge on any atom is 0.0931 e. The predicted molar refractivity (Wildman–Crippen MR) is 81.5 cm³/mol. The van der Waals surface area contributed by atoms with E-state index in [1.165, 1.54) is 4.88 Å². The molecule has 5 heteroatoms. The molecule has 0 unspecified atom stereocenters. The van der Waals surface area contributed by atoms with E-state index >= 15 is 0 Å². The molecule has 0 saturated carbocycles. The Morgan fingerprint density at radius 2 is 2.00 bits per heavy atom. The lowest BCUT2D eigenvalue weighted by Gasteiger charge is -2.15. The van der Waals surface area contributed by atoms with Gasteiger partial charge >= 0.3 is 0 Å². The number of pyridine rings is 1. The molecule has 0 radical (unpaired) electrons. The zero-order valence-electron chi connectivity index (χ0n) is 11.2. The summed E-state index contributed by atoms with van der Waals surface area (Å²) in [6, 6.07) is 10.2. The second-order valence-corrected chi connectivity index (χ2v) is 6.33. The van der Waals surface area contributed by atoms with Crippen LogP contribution in [-0.2, 0) is 19.6 Å². The summed E-state index contributed by atoms with van der Waals surface area (Å²) >= 11 is 7.57. The highest BCUT2D eigenvalue weighted by atomic mass is 35.5. The molecule has 19 heavy (non-hydrogen) atoms. The van der Waals surface area contributed by atoms with Crippen molar-refractivity contribution in [3.05, 3.63) is 50.9 Å². The quantitative estimate of drug-likeness (QED) is 0.887. The van der Waals surface area contributed by atoms with E-state index in [9.17, 15) is 0 Å². The van der Waals surface area contributed by atoms with Crippen LogP contribution in [-0.4, -0.2) is 24.0 Å². The third-order valence-corrected chi connectivity index (χ3v) is 3.92. The number of nitrogens with zero attached hydrogens (tertiary/aromatic N) is 2. The fourth-order valence-corrected chi connectivity index (χ4v) is 3.10. The van der Waals surface area contributed by atoms with E-state index in [-0.39, 0.29) is 0 Å². The number of rotatable bonds is 6. The molecule has 0 aliphatic carbocycles. The smallest absolute Gasteiger partial charge is 0.0931 e. The van der Waals surface area contributed by atoms with Gasteiger partial charge in [0.15, 0.2) is 0 Å². The first kappa shape index (κ1) is 14.5. The van der Waals surface area contributed by atoms with Crippen LogP contribution >= 0.6 is 22.9 Å². The number of aromatic nitrogens is 1. The molecular weight excluding hydrogens is 278 g/mol. The topological polar surface area (TPSA) is 28.2 Å². The molecule has 2 heterocycles. The molecule has 2 rings (SSSR count). The molecule has 0 bridgehead atoms. The van der Waals surface area contributed by atoms with Crippen molar-refractivity contribution in [3.63, 3.8) is 0 Å². The van der Waals surface area contributed by atoms with Gasteiger partial charge in [-0.15, -0.1) is 11.3 Å². The standard InChI is InChI=1S/C14H18ClN3S/c1-16-8-11-4-3-5-12(17-11)9-18(2)10-13-6-7-14(15)19-13/h3-7,16H,8-10H2,1-2H3. The normalized spacial score (nSPS) is 11.2. The van der Waals surface area contributed by atoms with Crippen molar-refractivity contribution in [1.82, 2.24) is 15.2 Å². The average molecular weight is 296 g/mol. The van der Waals surface area contributed by atoms with Gasteiger partial charge in [-0.25, -0.2) is 0 Å². The minimum absolute atomic E-state index is 0.804. The van der Waals surface area contributed by atoms with Crippen molar-refractivity contribution in [2.24, 2.45) is 0 Å². The van der Waals surface area contributed by atoms with Crippen LogP contribution in [0.15, 0.2) is 30.3 Å². The Hall–Kier alpha value is -0.940. The molecule has 0 spiro atoms. The molecule has 0 aromatic carbocycles. The molecular formula is C14H18ClN3S. The lowest BCUT2D eigenvalue weighted by atomic mass is 10.3. The Balaban J connectivity index is 1.94. The largest absolute Gasteiger partial charge is 0.314 e. The third-order valence-electron chi connectivity index (χ3n) is 2.71. The van der Waals surface area contributed by atoms with Crippen LogP contribution in [0.25, 0.3) is 0 Å². The molecule has 0 fully saturated rings. The lowest BCUT2D eigenvalue weighted by Crippen LogP contribution is -2.18. The summed E-state index contributed by atoms with van der Waals surface area (Å²) in [4.78, 5) is 8.14. The summed E-state index contributed by atoms with van der Waals surface area (Å²) in [5, 5.41) is 3.12. The van der Waals surface area contributed by atoms with E-state index in [2.05, 4.69) is 40.4 Å². The summed E-state index contributed by atoms with van der Waals surface area (Å²) in [6.45, 7) is 2.54. The van der Waals surface area contributed by atoms with Crippen molar-refractivity contribution in [2.45, 2.75) is 19.6 Å². The zero-order chi connectivity index (χ0) is 13.7. The predicted octanol–water partition coefficient (Wildman–Crippen LogP) is 3.15. The Labute approximate surface area is 123 Å². The monoisotopic (exact) mass is 295 g/mol. The first-order chi connectivity index (χ1) is 9.17. The maximum atomic E-state index is 5.94. The summed E-state index contributed by atoms with van der Waals surface area (Å²) < 4.78 is 0.845. The number of thiophene rings is 1. The van der Waals surface area contributed by atoms with Crippen molar-refractivity contribution in [1.29, 1.82) is 0 Å². The van der Waals surface area contributed by atoms with E-state index in [1.54, 1.807) is 11.3 Å². The molecule has 102 valence electrons. The first-order valence-electron chi connectivity index (χ1n) is 6.19. The zero-order valence-corrected chi connectivity index (χ0v) is 12.8. The Morgan fingerprint density at radius 1 is 1.21 bits per heavy atom. The SMILES string of the molecule is CNCc1cccc(CN(C)Cc2ccc(Cl)s2)n1. The van der Waals surface area contributed by atoms with Crippen LogP contribution in [0.1, 0.15) is 16.3 Å². The van der Waals surface area contributed by atoms with Crippen LogP contribution in [0.4, 0.5) is 0 Å². The summed E-state index contributed by atoms with van der Waals surface area (Å²) in [6.07, 6.45) is 0. The molecule has 0 saturated heterocycles.